The van der Waals surface area contributed by atoms with Gasteiger partial charge in [0.2, 0.25) is 0 Å². The third-order valence-electron chi connectivity index (χ3n) is 2.87. The van der Waals surface area contributed by atoms with E-state index in [9.17, 15) is 13.5 Å². The molecule has 0 aliphatic carbocycles. The highest BCUT2D eigenvalue weighted by atomic mass is 32.2. The average Bonchev–Trinajstić information content (AvgIpc) is 2.40. The smallest absolute Gasteiger partial charge is 0.175 e. The molecule has 0 atom stereocenters. The van der Waals surface area contributed by atoms with Gasteiger partial charge in [0.25, 0.3) is 0 Å². The molecule has 0 unspecified atom stereocenters. The van der Waals surface area contributed by atoms with E-state index in [0.717, 1.165) is 11.8 Å². The van der Waals surface area contributed by atoms with Crippen molar-refractivity contribution in [2.24, 2.45) is 0 Å². The number of aliphatic hydroxyl groups is 1. The molecule has 1 N–H and O–H groups in total. The summed E-state index contributed by atoms with van der Waals surface area (Å²) in [6.45, 7) is 1.82. The maximum Gasteiger partial charge on any atom is 0.175 e. The quantitative estimate of drug-likeness (QED) is 0.941. The van der Waals surface area contributed by atoms with E-state index in [0.29, 0.717) is 17.1 Å². The van der Waals surface area contributed by atoms with Gasteiger partial charge in [-0.25, -0.2) is 8.42 Å². The van der Waals surface area contributed by atoms with Gasteiger partial charge in [0.1, 0.15) is 11.5 Å². The second-order valence-corrected chi connectivity index (χ2v) is 6.63. The summed E-state index contributed by atoms with van der Waals surface area (Å²) >= 11 is 0. The van der Waals surface area contributed by atoms with Crippen molar-refractivity contribution < 1.29 is 18.3 Å². The Morgan fingerprint density at radius 1 is 1.10 bits per heavy atom. The lowest BCUT2D eigenvalue weighted by atomic mass is 10.1. The lowest BCUT2D eigenvalue weighted by molar-refractivity contribution is 0.276. The van der Waals surface area contributed by atoms with Gasteiger partial charge in [0.05, 0.1) is 11.5 Å². The minimum atomic E-state index is -3.21. The van der Waals surface area contributed by atoms with Crippen LogP contribution in [0.15, 0.2) is 47.4 Å². The average molecular weight is 292 g/mol. The minimum absolute atomic E-state index is 0.113. The van der Waals surface area contributed by atoms with E-state index in [1.807, 2.05) is 19.1 Å². The molecule has 0 fully saturated rings. The maximum atomic E-state index is 11.4. The van der Waals surface area contributed by atoms with Crippen LogP contribution in [0.5, 0.6) is 11.5 Å². The molecule has 0 saturated heterocycles. The predicted octanol–water partition coefficient (Wildman–Crippen LogP) is 2.68. The number of sulfone groups is 1. The van der Waals surface area contributed by atoms with Crippen LogP contribution in [-0.4, -0.2) is 19.8 Å². The fourth-order valence-electron chi connectivity index (χ4n) is 1.81. The van der Waals surface area contributed by atoms with Crippen LogP contribution < -0.4 is 4.74 Å². The van der Waals surface area contributed by atoms with Crippen molar-refractivity contribution in [3.63, 3.8) is 0 Å². The molecule has 4 nitrogen and oxygen atoms in total. The summed E-state index contributed by atoms with van der Waals surface area (Å²) in [5.74, 6) is 1.08. The third kappa shape index (κ3) is 3.37. The summed E-state index contributed by atoms with van der Waals surface area (Å²) in [4.78, 5) is 0.246. The molecular weight excluding hydrogens is 276 g/mol. The summed E-state index contributed by atoms with van der Waals surface area (Å²) < 4.78 is 28.4. The first-order valence-electron chi connectivity index (χ1n) is 6.08. The Morgan fingerprint density at radius 2 is 1.75 bits per heavy atom. The van der Waals surface area contributed by atoms with Crippen LogP contribution in [-0.2, 0) is 16.4 Å². The van der Waals surface area contributed by atoms with Gasteiger partial charge >= 0.3 is 0 Å². The van der Waals surface area contributed by atoms with Crippen molar-refractivity contribution in [1.29, 1.82) is 0 Å². The van der Waals surface area contributed by atoms with Gasteiger partial charge in [-0.3, -0.25) is 0 Å². The number of ether oxygens (including phenoxy) is 1. The van der Waals surface area contributed by atoms with E-state index in [1.54, 1.807) is 18.2 Å². The van der Waals surface area contributed by atoms with E-state index < -0.39 is 9.84 Å². The topological polar surface area (TPSA) is 63.6 Å². The molecule has 0 aliphatic heterocycles. The van der Waals surface area contributed by atoms with E-state index in [4.69, 9.17) is 4.74 Å². The summed E-state index contributed by atoms with van der Waals surface area (Å²) in [6.07, 6.45) is 1.16. The first-order valence-corrected chi connectivity index (χ1v) is 7.97. The van der Waals surface area contributed by atoms with Gasteiger partial charge in [0.15, 0.2) is 9.84 Å². The van der Waals surface area contributed by atoms with Crippen molar-refractivity contribution in [3.8, 4) is 11.5 Å². The van der Waals surface area contributed by atoms with E-state index >= 15 is 0 Å². The van der Waals surface area contributed by atoms with Gasteiger partial charge in [-0.15, -0.1) is 0 Å². The molecule has 2 aromatic rings. The Hall–Kier alpha value is -1.85. The lowest BCUT2D eigenvalue weighted by Gasteiger charge is -2.10. The van der Waals surface area contributed by atoms with E-state index in [-0.39, 0.29) is 11.5 Å². The summed E-state index contributed by atoms with van der Waals surface area (Å²) in [7, 11) is -3.21. The Morgan fingerprint density at radius 3 is 2.30 bits per heavy atom. The number of hydrogen-bond donors (Lipinski definition) is 1. The van der Waals surface area contributed by atoms with Crippen molar-refractivity contribution in [3.05, 3.63) is 53.6 Å². The molecule has 0 bridgehead atoms. The van der Waals surface area contributed by atoms with E-state index in [2.05, 4.69) is 0 Å². The molecule has 5 heteroatoms. The number of aryl methyl sites for hydroxylation is 1. The van der Waals surface area contributed by atoms with Crippen LogP contribution in [0.25, 0.3) is 0 Å². The van der Waals surface area contributed by atoms with Crippen molar-refractivity contribution in [2.45, 2.75) is 18.4 Å². The first kappa shape index (κ1) is 14.6. The molecule has 0 spiro atoms. The molecular formula is C15H16O4S. The third-order valence-corrected chi connectivity index (χ3v) is 3.99. The van der Waals surface area contributed by atoms with Gasteiger partial charge in [-0.1, -0.05) is 17.7 Å². The second-order valence-electron chi connectivity index (χ2n) is 4.61. The van der Waals surface area contributed by atoms with Crippen LogP contribution >= 0.6 is 0 Å². The zero-order valence-corrected chi connectivity index (χ0v) is 12.1. The highest BCUT2D eigenvalue weighted by Gasteiger charge is 2.08. The van der Waals surface area contributed by atoms with Crippen molar-refractivity contribution in [1.82, 2.24) is 0 Å². The van der Waals surface area contributed by atoms with Crippen LogP contribution in [0.2, 0.25) is 0 Å². The predicted molar refractivity (Wildman–Crippen MR) is 76.7 cm³/mol. The highest BCUT2D eigenvalue weighted by Crippen LogP contribution is 2.27. The highest BCUT2D eigenvalue weighted by molar-refractivity contribution is 7.90. The molecule has 0 aromatic heterocycles. The SMILES string of the molecule is Cc1ccc(Oc2ccc(S(C)(=O)=O)cc2)c(CO)c1. The number of rotatable bonds is 4. The van der Waals surface area contributed by atoms with Crippen LogP contribution in [0.3, 0.4) is 0 Å². The molecule has 20 heavy (non-hydrogen) atoms. The lowest BCUT2D eigenvalue weighted by Crippen LogP contribution is -1.97. The largest absolute Gasteiger partial charge is 0.457 e. The van der Waals surface area contributed by atoms with Crippen LogP contribution in [0.4, 0.5) is 0 Å². The summed E-state index contributed by atoms with van der Waals surface area (Å²) in [5.41, 5.74) is 1.73. The van der Waals surface area contributed by atoms with E-state index in [1.165, 1.54) is 12.1 Å². The van der Waals surface area contributed by atoms with Gasteiger partial charge in [-0.2, -0.15) is 0 Å². The van der Waals surface area contributed by atoms with Crippen molar-refractivity contribution >= 4 is 9.84 Å². The Kier molecular flexibility index (Phi) is 4.11. The fourth-order valence-corrected chi connectivity index (χ4v) is 2.44. The summed E-state index contributed by atoms with van der Waals surface area (Å²) in [5, 5.41) is 9.31. The van der Waals surface area contributed by atoms with Gasteiger partial charge < -0.3 is 9.84 Å². The molecule has 106 valence electrons. The fraction of sp³-hybridized carbons (Fsp3) is 0.200. The van der Waals surface area contributed by atoms with Crippen LogP contribution in [0.1, 0.15) is 11.1 Å². The zero-order chi connectivity index (χ0) is 14.8. The Bertz CT molecular complexity index is 703. The number of benzene rings is 2. The standard InChI is InChI=1S/C15H16O4S/c1-11-3-8-15(12(9-11)10-16)19-13-4-6-14(7-5-13)20(2,17)18/h3-9,16H,10H2,1-2H3. The second kappa shape index (κ2) is 5.64. The number of hydrogen-bond acceptors (Lipinski definition) is 4. The Labute approximate surface area is 118 Å². The van der Waals surface area contributed by atoms with Gasteiger partial charge in [0, 0.05) is 11.8 Å². The van der Waals surface area contributed by atoms with Gasteiger partial charge in [-0.05, 0) is 37.3 Å². The molecule has 0 amide bonds. The Balaban J connectivity index is 2.27. The molecule has 0 radical (unpaired) electrons. The number of aliphatic hydroxyl groups excluding tert-OH is 1. The molecule has 0 heterocycles. The van der Waals surface area contributed by atoms with Crippen LogP contribution in [0, 0.1) is 6.92 Å². The minimum Gasteiger partial charge on any atom is -0.457 e. The monoisotopic (exact) mass is 292 g/mol. The normalized spacial score (nSPS) is 11.3. The first-order chi connectivity index (χ1) is 9.40. The molecule has 0 saturated carbocycles. The van der Waals surface area contributed by atoms with Crippen molar-refractivity contribution in [2.75, 3.05) is 6.26 Å². The molecule has 0 aliphatic rings. The summed E-state index contributed by atoms with van der Waals surface area (Å²) in [6, 6.07) is 11.7. The molecule has 2 rings (SSSR count). The molecule has 2 aromatic carbocycles. The zero-order valence-electron chi connectivity index (χ0n) is 11.3. The maximum absolute atomic E-state index is 11.4.